The Bertz CT molecular complexity index is 695. The zero-order chi connectivity index (χ0) is 16.7. The van der Waals surface area contributed by atoms with Crippen LogP contribution < -0.4 is 10.2 Å². The van der Waals surface area contributed by atoms with Gasteiger partial charge in [0.15, 0.2) is 0 Å². The van der Waals surface area contributed by atoms with Gasteiger partial charge in [0.25, 0.3) is 0 Å². The number of amides is 1. The number of thioether (sulfide) groups is 1. The lowest BCUT2D eigenvalue weighted by atomic mass is 10.3. The molecule has 0 aliphatic rings. The van der Waals surface area contributed by atoms with Crippen molar-refractivity contribution in [2.45, 2.75) is 31.2 Å². The van der Waals surface area contributed by atoms with Gasteiger partial charge in [0.05, 0.1) is 0 Å². The molecule has 1 aromatic heterocycles. The van der Waals surface area contributed by atoms with E-state index in [0.29, 0.717) is 19.5 Å². The van der Waals surface area contributed by atoms with Crippen LogP contribution in [0, 0.1) is 12.7 Å². The van der Waals surface area contributed by atoms with Gasteiger partial charge in [-0.05, 0) is 43.4 Å². The average molecular weight is 354 g/mol. The molecule has 0 spiro atoms. The number of carbonyl (C=O) groups excluding carboxylic acids is 1. The van der Waals surface area contributed by atoms with E-state index in [9.17, 15) is 14.0 Å². The molecular formula is C16H19FN2O2S2. The summed E-state index contributed by atoms with van der Waals surface area (Å²) in [6.45, 7) is 2.89. The van der Waals surface area contributed by atoms with Crippen LogP contribution in [-0.4, -0.2) is 22.8 Å². The van der Waals surface area contributed by atoms with Gasteiger partial charge in [-0.2, -0.15) is 0 Å². The molecule has 0 saturated heterocycles. The molecule has 0 aliphatic heterocycles. The number of hydrogen-bond donors (Lipinski definition) is 1. The Morgan fingerprint density at radius 3 is 2.74 bits per heavy atom. The fourth-order valence-electron chi connectivity index (χ4n) is 2.00. The van der Waals surface area contributed by atoms with Crippen LogP contribution in [0.2, 0.25) is 0 Å². The SMILES string of the molecule is Cc1csc(=O)n1CCC(=O)NCCCSc1ccc(F)cc1. The van der Waals surface area contributed by atoms with Gasteiger partial charge in [-0.15, -0.1) is 11.8 Å². The number of thiazole rings is 1. The van der Waals surface area contributed by atoms with Crippen molar-refractivity contribution in [1.82, 2.24) is 9.88 Å². The van der Waals surface area contributed by atoms with E-state index < -0.39 is 0 Å². The highest BCUT2D eigenvalue weighted by molar-refractivity contribution is 7.99. The highest BCUT2D eigenvalue weighted by Crippen LogP contribution is 2.18. The van der Waals surface area contributed by atoms with E-state index in [2.05, 4.69) is 5.32 Å². The van der Waals surface area contributed by atoms with Crippen molar-refractivity contribution in [3.63, 3.8) is 0 Å². The minimum absolute atomic E-state index is 0.0222. The van der Waals surface area contributed by atoms with Gasteiger partial charge < -0.3 is 9.88 Å². The quantitative estimate of drug-likeness (QED) is 0.586. The molecular weight excluding hydrogens is 335 g/mol. The fraction of sp³-hybridized carbons (Fsp3) is 0.375. The Hall–Kier alpha value is -1.60. The lowest BCUT2D eigenvalue weighted by Gasteiger charge is -2.07. The number of hydrogen-bond acceptors (Lipinski definition) is 4. The van der Waals surface area contributed by atoms with Crippen LogP contribution in [0.4, 0.5) is 4.39 Å². The summed E-state index contributed by atoms with van der Waals surface area (Å²) < 4.78 is 14.4. The first-order valence-electron chi connectivity index (χ1n) is 7.36. The molecule has 1 heterocycles. The minimum Gasteiger partial charge on any atom is -0.356 e. The van der Waals surface area contributed by atoms with Crippen molar-refractivity contribution >= 4 is 29.0 Å². The fourth-order valence-corrected chi connectivity index (χ4v) is 3.61. The largest absolute Gasteiger partial charge is 0.356 e. The summed E-state index contributed by atoms with van der Waals surface area (Å²) in [6, 6.07) is 6.38. The maximum Gasteiger partial charge on any atom is 0.307 e. The third kappa shape index (κ3) is 5.84. The molecule has 0 unspecified atom stereocenters. The van der Waals surface area contributed by atoms with E-state index in [1.165, 1.54) is 12.1 Å². The Morgan fingerprint density at radius 1 is 1.35 bits per heavy atom. The van der Waals surface area contributed by atoms with Crippen molar-refractivity contribution in [3.8, 4) is 0 Å². The first-order chi connectivity index (χ1) is 11.1. The molecule has 124 valence electrons. The van der Waals surface area contributed by atoms with Gasteiger partial charge in [-0.25, -0.2) is 4.39 Å². The smallest absolute Gasteiger partial charge is 0.307 e. The maximum absolute atomic E-state index is 12.8. The molecule has 0 fully saturated rings. The summed E-state index contributed by atoms with van der Waals surface area (Å²) in [5.74, 6) is 0.575. The van der Waals surface area contributed by atoms with Gasteiger partial charge in [0.1, 0.15) is 5.82 Å². The third-order valence-corrected chi connectivity index (χ3v) is 5.24. The van der Waals surface area contributed by atoms with Crippen molar-refractivity contribution in [2.24, 2.45) is 0 Å². The van der Waals surface area contributed by atoms with Gasteiger partial charge in [-0.3, -0.25) is 9.59 Å². The highest BCUT2D eigenvalue weighted by atomic mass is 32.2. The van der Waals surface area contributed by atoms with E-state index in [-0.39, 0.29) is 16.6 Å². The number of aromatic nitrogens is 1. The van der Waals surface area contributed by atoms with E-state index in [4.69, 9.17) is 0 Å². The van der Waals surface area contributed by atoms with Crippen LogP contribution in [0.5, 0.6) is 0 Å². The Kier molecular flexibility index (Phi) is 6.85. The second-order valence-corrected chi connectivity index (χ2v) is 7.04. The number of rotatable bonds is 8. The van der Waals surface area contributed by atoms with Crippen molar-refractivity contribution < 1.29 is 9.18 Å². The minimum atomic E-state index is -0.235. The second-order valence-electron chi connectivity index (χ2n) is 5.05. The summed E-state index contributed by atoms with van der Waals surface area (Å²) in [5.41, 5.74) is 0.892. The Morgan fingerprint density at radius 2 is 2.09 bits per heavy atom. The predicted octanol–water partition coefficient (Wildman–Crippen LogP) is 3.05. The van der Waals surface area contributed by atoms with Crippen LogP contribution in [0.25, 0.3) is 0 Å². The summed E-state index contributed by atoms with van der Waals surface area (Å²) in [5, 5.41) is 4.65. The number of aryl methyl sites for hydroxylation is 1. The monoisotopic (exact) mass is 354 g/mol. The van der Waals surface area contributed by atoms with E-state index >= 15 is 0 Å². The predicted molar refractivity (Wildman–Crippen MR) is 92.7 cm³/mol. The lowest BCUT2D eigenvalue weighted by molar-refractivity contribution is -0.121. The maximum atomic E-state index is 12.8. The molecule has 0 aliphatic carbocycles. The van der Waals surface area contributed by atoms with Crippen molar-refractivity contribution in [3.05, 3.63) is 50.8 Å². The van der Waals surface area contributed by atoms with E-state index in [1.54, 1.807) is 33.8 Å². The normalized spacial score (nSPS) is 10.7. The standard InChI is InChI=1S/C16H19FN2O2S2/c1-12-11-23-16(21)19(12)9-7-15(20)18-8-2-10-22-14-5-3-13(17)4-6-14/h3-6,11H,2,7-10H2,1H3,(H,18,20). The van der Waals surface area contributed by atoms with Crippen LogP contribution in [-0.2, 0) is 11.3 Å². The van der Waals surface area contributed by atoms with Gasteiger partial charge in [0, 0.05) is 35.5 Å². The summed E-state index contributed by atoms with van der Waals surface area (Å²) >= 11 is 2.79. The molecule has 0 saturated carbocycles. The van der Waals surface area contributed by atoms with Gasteiger partial charge in [-0.1, -0.05) is 11.3 Å². The molecule has 2 rings (SSSR count). The summed E-state index contributed by atoms with van der Waals surface area (Å²) in [7, 11) is 0. The van der Waals surface area contributed by atoms with E-state index in [0.717, 1.165) is 34.1 Å². The third-order valence-electron chi connectivity index (χ3n) is 3.26. The summed E-state index contributed by atoms with van der Waals surface area (Å²) in [4.78, 5) is 24.3. The first kappa shape index (κ1) is 17.7. The lowest BCUT2D eigenvalue weighted by Crippen LogP contribution is -2.27. The van der Waals surface area contributed by atoms with E-state index in [1.807, 2.05) is 6.92 Å². The van der Waals surface area contributed by atoms with Crippen LogP contribution >= 0.6 is 23.1 Å². The first-order valence-corrected chi connectivity index (χ1v) is 9.23. The number of carbonyl (C=O) groups is 1. The second kappa shape index (κ2) is 8.88. The topological polar surface area (TPSA) is 51.1 Å². The highest BCUT2D eigenvalue weighted by Gasteiger charge is 2.06. The number of halogens is 1. The molecule has 2 aromatic rings. The molecule has 1 N–H and O–H groups in total. The number of nitrogens with zero attached hydrogens (tertiary/aromatic N) is 1. The molecule has 1 amide bonds. The Balaban J connectivity index is 1.60. The van der Waals surface area contributed by atoms with Crippen LogP contribution in [0.15, 0.2) is 39.3 Å². The molecule has 7 heteroatoms. The molecule has 0 bridgehead atoms. The Labute approximate surface area is 142 Å². The molecule has 1 aromatic carbocycles. The molecule has 0 atom stereocenters. The van der Waals surface area contributed by atoms with Gasteiger partial charge in [0.2, 0.25) is 5.91 Å². The van der Waals surface area contributed by atoms with Gasteiger partial charge >= 0.3 is 4.87 Å². The molecule has 23 heavy (non-hydrogen) atoms. The molecule has 4 nitrogen and oxygen atoms in total. The van der Waals surface area contributed by atoms with Crippen molar-refractivity contribution in [1.29, 1.82) is 0 Å². The average Bonchev–Trinajstić information content (AvgIpc) is 2.85. The number of nitrogens with one attached hydrogen (secondary N) is 1. The summed E-state index contributed by atoms with van der Waals surface area (Å²) in [6.07, 6.45) is 1.15. The number of benzene rings is 1. The van der Waals surface area contributed by atoms with Crippen LogP contribution in [0.3, 0.4) is 0 Å². The zero-order valence-electron chi connectivity index (χ0n) is 12.9. The molecule has 0 radical (unpaired) electrons. The van der Waals surface area contributed by atoms with Crippen LogP contribution in [0.1, 0.15) is 18.5 Å². The van der Waals surface area contributed by atoms with Crippen molar-refractivity contribution in [2.75, 3.05) is 12.3 Å². The zero-order valence-corrected chi connectivity index (χ0v) is 14.5.